The van der Waals surface area contributed by atoms with Crippen LogP contribution in [-0.4, -0.2) is 24.0 Å². The minimum absolute atomic E-state index is 0.665. The number of nitrogens with one attached hydrogen (secondary N) is 1. The number of nitrogens with zero attached hydrogens (tertiary/aromatic N) is 1. The van der Waals surface area contributed by atoms with Gasteiger partial charge in [-0.3, -0.25) is 4.90 Å². The summed E-state index contributed by atoms with van der Waals surface area (Å²) in [6.07, 6.45) is 2.50. The number of hydrogen-bond donors (Lipinski definition) is 1. The first-order valence-electron chi connectivity index (χ1n) is 7.53. The van der Waals surface area contributed by atoms with Crippen molar-refractivity contribution in [3.05, 3.63) is 56.7 Å². The van der Waals surface area contributed by atoms with Crippen molar-refractivity contribution < 1.29 is 0 Å². The summed E-state index contributed by atoms with van der Waals surface area (Å²) in [7, 11) is 0. The van der Waals surface area contributed by atoms with E-state index in [2.05, 4.69) is 68.6 Å². The molecule has 0 radical (unpaired) electrons. The molecular formula is C17H21BrN2S. The lowest BCUT2D eigenvalue weighted by atomic mass is 10.0. The quantitative estimate of drug-likeness (QED) is 0.852. The van der Waals surface area contributed by atoms with Crippen molar-refractivity contribution in [1.29, 1.82) is 0 Å². The molecule has 1 fully saturated rings. The van der Waals surface area contributed by atoms with Gasteiger partial charge in [0.25, 0.3) is 0 Å². The number of likely N-dealkylation sites (tertiary alicyclic amines) is 1. The summed E-state index contributed by atoms with van der Waals surface area (Å²) in [5.74, 6) is 0. The second kappa shape index (κ2) is 7.54. The molecule has 0 unspecified atom stereocenters. The first kappa shape index (κ1) is 15.2. The van der Waals surface area contributed by atoms with E-state index in [9.17, 15) is 0 Å². The molecule has 1 N–H and O–H groups in total. The Morgan fingerprint density at radius 2 is 1.86 bits per heavy atom. The lowest BCUT2D eigenvalue weighted by molar-refractivity contribution is 0.190. The highest BCUT2D eigenvalue weighted by atomic mass is 79.9. The summed E-state index contributed by atoms with van der Waals surface area (Å²) in [6, 6.07) is 15.8. The molecule has 1 aromatic carbocycles. The third-order valence-electron chi connectivity index (χ3n) is 4.03. The van der Waals surface area contributed by atoms with Crippen molar-refractivity contribution in [1.82, 2.24) is 10.2 Å². The minimum atomic E-state index is 0.665. The third-order valence-corrected chi connectivity index (χ3v) is 5.65. The Labute approximate surface area is 139 Å². The summed E-state index contributed by atoms with van der Waals surface area (Å²) >= 11 is 5.34. The van der Waals surface area contributed by atoms with E-state index in [0.717, 1.165) is 13.1 Å². The summed E-state index contributed by atoms with van der Waals surface area (Å²) in [4.78, 5) is 3.98. The average molecular weight is 365 g/mol. The van der Waals surface area contributed by atoms with Crippen molar-refractivity contribution >= 4 is 27.3 Å². The SMILES string of the molecule is Brc1ccc(CNC2CCN(Cc3ccccc3)CC2)s1. The molecule has 2 nitrogen and oxygen atoms in total. The van der Waals surface area contributed by atoms with E-state index in [1.54, 1.807) is 0 Å². The van der Waals surface area contributed by atoms with Gasteiger partial charge in [-0.1, -0.05) is 30.3 Å². The maximum absolute atomic E-state index is 3.70. The van der Waals surface area contributed by atoms with Crippen molar-refractivity contribution in [3.63, 3.8) is 0 Å². The summed E-state index contributed by atoms with van der Waals surface area (Å²) in [5.41, 5.74) is 1.42. The molecule has 0 amide bonds. The Morgan fingerprint density at radius 3 is 2.52 bits per heavy atom. The van der Waals surface area contributed by atoms with E-state index < -0.39 is 0 Å². The summed E-state index contributed by atoms with van der Waals surface area (Å²) in [5, 5.41) is 3.70. The van der Waals surface area contributed by atoms with Crippen LogP contribution in [-0.2, 0) is 13.1 Å². The molecule has 0 bridgehead atoms. The highest BCUT2D eigenvalue weighted by molar-refractivity contribution is 9.11. The van der Waals surface area contributed by atoms with Gasteiger partial charge in [-0.05, 0) is 59.6 Å². The molecule has 2 aromatic rings. The second-order valence-electron chi connectivity index (χ2n) is 5.62. The fourth-order valence-electron chi connectivity index (χ4n) is 2.83. The van der Waals surface area contributed by atoms with Gasteiger partial charge >= 0.3 is 0 Å². The second-order valence-corrected chi connectivity index (χ2v) is 8.17. The van der Waals surface area contributed by atoms with Gasteiger partial charge in [-0.25, -0.2) is 0 Å². The number of thiophene rings is 1. The third kappa shape index (κ3) is 4.65. The molecular weight excluding hydrogens is 344 g/mol. The molecule has 1 aliphatic heterocycles. The lowest BCUT2D eigenvalue weighted by Gasteiger charge is -2.32. The van der Waals surface area contributed by atoms with E-state index in [1.807, 2.05) is 11.3 Å². The van der Waals surface area contributed by atoms with Crippen LogP contribution in [0.25, 0.3) is 0 Å². The summed E-state index contributed by atoms with van der Waals surface area (Å²) < 4.78 is 1.22. The van der Waals surface area contributed by atoms with Crippen LogP contribution in [0.1, 0.15) is 23.3 Å². The molecule has 2 heterocycles. The van der Waals surface area contributed by atoms with Gasteiger partial charge in [-0.15, -0.1) is 11.3 Å². The van der Waals surface area contributed by atoms with Gasteiger partial charge < -0.3 is 5.32 Å². The highest BCUT2D eigenvalue weighted by Crippen LogP contribution is 2.22. The number of piperidine rings is 1. The summed E-state index contributed by atoms with van der Waals surface area (Å²) in [6.45, 7) is 4.48. The number of halogens is 1. The molecule has 1 aromatic heterocycles. The maximum Gasteiger partial charge on any atom is 0.0701 e. The number of hydrogen-bond acceptors (Lipinski definition) is 3. The van der Waals surface area contributed by atoms with Crippen LogP contribution in [0.2, 0.25) is 0 Å². The zero-order chi connectivity index (χ0) is 14.5. The minimum Gasteiger partial charge on any atom is -0.309 e. The fraction of sp³-hybridized carbons (Fsp3) is 0.412. The van der Waals surface area contributed by atoms with Gasteiger partial charge in [0.2, 0.25) is 0 Å². The first-order valence-corrected chi connectivity index (χ1v) is 9.14. The maximum atomic E-state index is 3.70. The van der Waals surface area contributed by atoms with E-state index in [-0.39, 0.29) is 0 Å². The lowest BCUT2D eigenvalue weighted by Crippen LogP contribution is -2.41. The van der Waals surface area contributed by atoms with Crippen molar-refractivity contribution in [2.45, 2.75) is 32.0 Å². The van der Waals surface area contributed by atoms with Crippen LogP contribution >= 0.6 is 27.3 Å². The molecule has 112 valence electrons. The Balaban J connectivity index is 1.40. The topological polar surface area (TPSA) is 15.3 Å². The number of benzene rings is 1. The Bertz CT molecular complexity index is 547. The van der Waals surface area contributed by atoms with Crippen molar-refractivity contribution in [2.24, 2.45) is 0 Å². The van der Waals surface area contributed by atoms with Crippen molar-refractivity contribution in [3.8, 4) is 0 Å². The normalized spacial score (nSPS) is 17.2. The predicted molar refractivity (Wildman–Crippen MR) is 93.6 cm³/mol. The van der Waals surface area contributed by atoms with E-state index in [0.29, 0.717) is 6.04 Å². The zero-order valence-electron chi connectivity index (χ0n) is 12.1. The molecule has 3 rings (SSSR count). The highest BCUT2D eigenvalue weighted by Gasteiger charge is 2.18. The van der Waals surface area contributed by atoms with Gasteiger partial charge in [0.1, 0.15) is 0 Å². The predicted octanol–water partition coefficient (Wildman–Crippen LogP) is 4.26. The molecule has 0 saturated carbocycles. The van der Waals surface area contributed by atoms with Crippen LogP contribution in [0.4, 0.5) is 0 Å². The van der Waals surface area contributed by atoms with Gasteiger partial charge in [-0.2, -0.15) is 0 Å². The van der Waals surface area contributed by atoms with Crippen LogP contribution in [0.5, 0.6) is 0 Å². The Hall–Kier alpha value is -0.680. The molecule has 0 spiro atoms. The van der Waals surface area contributed by atoms with Crippen molar-refractivity contribution in [2.75, 3.05) is 13.1 Å². The monoisotopic (exact) mass is 364 g/mol. The molecule has 1 saturated heterocycles. The van der Waals surface area contributed by atoms with Gasteiger partial charge in [0.15, 0.2) is 0 Å². The molecule has 21 heavy (non-hydrogen) atoms. The molecule has 0 atom stereocenters. The Morgan fingerprint density at radius 1 is 1.10 bits per heavy atom. The zero-order valence-corrected chi connectivity index (χ0v) is 14.5. The van der Waals surface area contributed by atoms with Gasteiger partial charge in [0.05, 0.1) is 3.79 Å². The van der Waals surface area contributed by atoms with Crippen LogP contribution in [0.15, 0.2) is 46.3 Å². The van der Waals surface area contributed by atoms with Crippen LogP contribution in [0.3, 0.4) is 0 Å². The van der Waals surface area contributed by atoms with Crippen LogP contribution < -0.4 is 5.32 Å². The largest absolute Gasteiger partial charge is 0.309 e. The van der Waals surface area contributed by atoms with Crippen LogP contribution in [0, 0.1) is 0 Å². The average Bonchev–Trinajstić information content (AvgIpc) is 2.93. The molecule has 4 heteroatoms. The number of rotatable bonds is 5. The van der Waals surface area contributed by atoms with Gasteiger partial charge in [0, 0.05) is 24.0 Å². The molecule has 1 aliphatic rings. The standard InChI is InChI=1S/C17H21BrN2S/c18-17-7-6-16(21-17)12-19-15-8-10-20(11-9-15)13-14-4-2-1-3-5-14/h1-7,15,19H,8-13H2. The molecule has 0 aliphatic carbocycles. The smallest absolute Gasteiger partial charge is 0.0701 e. The van der Waals surface area contributed by atoms with E-state index in [1.165, 1.54) is 40.2 Å². The fourth-order valence-corrected chi connectivity index (χ4v) is 4.26. The first-order chi connectivity index (χ1) is 10.3. The Kier molecular flexibility index (Phi) is 5.47. The van der Waals surface area contributed by atoms with E-state index >= 15 is 0 Å². The van der Waals surface area contributed by atoms with E-state index in [4.69, 9.17) is 0 Å².